The Hall–Kier alpha value is -3.94. The van der Waals surface area contributed by atoms with Crippen LogP contribution in [0.4, 0.5) is 5.69 Å². The van der Waals surface area contributed by atoms with E-state index in [1.54, 1.807) is 22.9 Å². The van der Waals surface area contributed by atoms with Gasteiger partial charge in [-0.15, -0.1) is 0 Å². The van der Waals surface area contributed by atoms with Gasteiger partial charge in [0.2, 0.25) is 0 Å². The largest absolute Gasteiger partial charge is 0.483 e. The van der Waals surface area contributed by atoms with E-state index in [9.17, 15) is 14.9 Å². The van der Waals surface area contributed by atoms with Gasteiger partial charge in [-0.05, 0) is 55.3 Å². The molecule has 0 spiro atoms. The van der Waals surface area contributed by atoms with Gasteiger partial charge in [-0.3, -0.25) is 14.9 Å². The van der Waals surface area contributed by atoms with Crippen LogP contribution in [0.2, 0.25) is 0 Å². The lowest BCUT2D eigenvalue weighted by Gasteiger charge is -2.09. The number of nitro benzene ring substituents is 1. The van der Waals surface area contributed by atoms with Crippen LogP contribution in [0.5, 0.6) is 5.75 Å². The molecule has 3 aromatic rings. The number of benzene rings is 2. The van der Waals surface area contributed by atoms with Crippen LogP contribution >= 0.6 is 0 Å². The molecule has 1 aromatic heterocycles. The Morgan fingerprint density at radius 3 is 2.66 bits per heavy atom. The number of non-ortho nitro benzene ring substituents is 1. The van der Waals surface area contributed by atoms with Gasteiger partial charge in [0, 0.05) is 24.0 Å². The lowest BCUT2D eigenvalue weighted by molar-refractivity contribution is -0.384. The van der Waals surface area contributed by atoms with Crippen LogP contribution in [0, 0.1) is 24.0 Å². The summed E-state index contributed by atoms with van der Waals surface area (Å²) in [5, 5.41) is 14.7. The summed E-state index contributed by atoms with van der Waals surface area (Å²) in [5.74, 6) is 0.284. The van der Waals surface area contributed by atoms with Gasteiger partial charge in [0.25, 0.3) is 11.6 Å². The Kier molecular flexibility index (Phi) is 6.03. The first-order valence-corrected chi connectivity index (χ1v) is 8.89. The molecule has 29 heavy (non-hydrogen) atoms. The first kappa shape index (κ1) is 19.8. The summed E-state index contributed by atoms with van der Waals surface area (Å²) in [4.78, 5) is 22.3. The van der Waals surface area contributed by atoms with Gasteiger partial charge in [-0.25, -0.2) is 5.43 Å². The number of hydrogen-bond donors (Lipinski definition) is 1. The molecule has 0 aliphatic heterocycles. The molecule has 0 unspecified atom stereocenters. The van der Waals surface area contributed by atoms with Crippen molar-refractivity contribution < 1.29 is 14.5 Å². The molecule has 0 bridgehead atoms. The van der Waals surface area contributed by atoms with E-state index in [2.05, 4.69) is 10.5 Å². The fourth-order valence-electron chi connectivity index (χ4n) is 2.70. The topological polar surface area (TPSA) is 98.8 Å². The second-order valence-corrected chi connectivity index (χ2v) is 6.36. The molecule has 1 N–H and O–H groups in total. The summed E-state index contributed by atoms with van der Waals surface area (Å²) in [7, 11) is 0. The number of nitrogens with one attached hydrogen (secondary N) is 1. The van der Waals surface area contributed by atoms with E-state index in [1.165, 1.54) is 18.3 Å². The molecule has 1 amide bonds. The Labute approximate surface area is 167 Å². The van der Waals surface area contributed by atoms with Gasteiger partial charge >= 0.3 is 0 Å². The maximum absolute atomic E-state index is 12.0. The van der Waals surface area contributed by atoms with Gasteiger partial charge in [-0.2, -0.15) is 5.10 Å². The van der Waals surface area contributed by atoms with Crippen LogP contribution in [0.1, 0.15) is 16.8 Å². The van der Waals surface area contributed by atoms with E-state index < -0.39 is 4.92 Å². The molecule has 0 saturated heterocycles. The molecule has 0 atom stereocenters. The molecular weight excluding hydrogens is 372 g/mol. The smallest absolute Gasteiger partial charge is 0.277 e. The summed E-state index contributed by atoms with van der Waals surface area (Å²) in [6, 6.07) is 15.4. The van der Waals surface area contributed by atoms with Crippen molar-refractivity contribution in [2.75, 3.05) is 6.61 Å². The Morgan fingerprint density at radius 2 is 1.93 bits per heavy atom. The van der Waals surface area contributed by atoms with Crippen LogP contribution in [-0.4, -0.2) is 28.2 Å². The molecule has 148 valence electrons. The van der Waals surface area contributed by atoms with Crippen LogP contribution in [-0.2, 0) is 4.79 Å². The van der Waals surface area contributed by atoms with Crippen molar-refractivity contribution in [2.24, 2.45) is 5.10 Å². The van der Waals surface area contributed by atoms with Crippen LogP contribution in [0.3, 0.4) is 0 Å². The van der Waals surface area contributed by atoms with Crippen LogP contribution in [0.15, 0.2) is 65.9 Å². The second kappa shape index (κ2) is 8.83. The van der Waals surface area contributed by atoms with Gasteiger partial charge in [0.15, 0.2) is 6.61 Å². The second-order valence-electron chi connectivity index (χ2n) is 6.36. The molecule has 0 aliphatic carbocycles. The van der Waals surface area contributed by atoms with E-state index in [0.29, 0.717) is 11.4 Å². The number of hydrazone groups is 1. The Balaban J connectivity index is 1.59. The number of aryl methyl sites for hydroxylation is 1. The third kappa shape index (κ3) is 4.86. The number of nitro groups is 1. The van der Waals surface area contributed by atoms with E-state index >= 15 is 0 Å². The minimum absolute atomic E-state index is 0.0206. The van der Waals surface area contributed by atoms with E-state index in [1.807, 2.05) is 44.2 Å². The van der Waals surface area contributed by atoms with E-state index in [-0.39, 0.29) is 18.2 Å². The number of rotatable bonds is 7. The molecular formula is C21H20N4O4. The zero-order valence-corrected chi connectivity index (χ0v) is 16.0. The molecule has 0 radical (unpaired) electrons. The molecule has 0 saturated carbocycles. The normalized spacial score (nSPS) is 10.8. The lowest BCUT2D eigenvalue weighted by Crippen LogP contribution is -2.25. The fraction of sp³-hybridized carbons (Fsp3) is 0.143. The monoisotopic (exact) mass is 392 g/mol. The standard InChI is InChI=1S/C21H20N4O4/c1-15-5-3-7-20(16(15)2)29-14-21(26)23-22-13-19-6-4-12-24(19)17-8-10-18(11-9-17)25(27)28/h3-13H,14H2,1-2H3,(H,23,26)/b22-13-. The average molecular weight is 392 g/mol. The SMILES string of the molecule is Cc1cccc(OCC(=O)N/N=C\c2cccn2-c2ccc([N+](=O)[O-])cc2)c1C. The number of carbonyl (C=O) groups is 1. The molecule has 3 rings (SSSR count). The van der Waals surface area contributed by atoms with Crippen molar-refractivity contribution >= 4 is 17.8 Å². The van der Waals surface area contributed by atoms with Crippen molar-refractivity contribution in [3.05, 3.63) is 87.7 Å². The summed E-state index contributed by atoms with van der Waals surface area (Å²) < 4.78 is 7.34. The zero-order valence-electron chi connectivity index (χ0n) is 16.0. The molecule has 8 heteroatoms. The summed E-state index contributed by atoms with van der Waals surface area (Å²) >= 11 is 0. The number of hydrogen-bond acceptors (Lipinski definition) is 5. The van der Waals surface area contributed by atoms with Crippen molar-refractivity contribution in [2.45, 2.75) is 13.8 Å². The number of carbonyl (C=O) groups excluding carboxylic acids is 1. The van der Waals surface area contributed by atoms with Crippen LogP contribution in [0.25, 0.3) is 5.69 Å². The van der Waals surface area contributed by atoms with Gasteiger partial charge in [0.05, 0.1) is 16.8 Å². The average Bonchev–Trinajstić information content (AvgIpc) is 3.17. The highest BCUT2D eigenvalue weighted by atomic mass is 16.6. The van der Waals surface area contributed by atoms with Crippen molar-refractivity contribution in [1.29, 1.82) is 0 Å². The highest BCUT2D eigenvalue weighted by Gasteiger charge is 2.07. The third-order valence-electron chi connectivity index (χ3n) is 4.42. The number of amides is 1. The summed E-state index contributed by atoms with van der Waals surface area (Å²) in [6.07, 6.45) is 3.30. The Morgan fingerprint density at radius 1 is 1.17 bits per heavy atom. The number of ether oxygens (including phenoxy) is 1. The number of nitrogens with zero attached hydrogens (tertiary/aromatic N) is 3. The fourth-order valence-corrected chi connectivity index (χ4v) is 2.70. The van der Waals surface area contributed by atoms with Crippen molar-refractivity contribution in [1.82, 2.24) is 9.99 Å². The molecule has 0 fully saturated rings. The summed E-state index contributed by atoms with van der Waals surface area (Å²) in [5.41, 5.74) is 5.98. The molecule has 2 aromatic carbocycles. The molecule has 1 heterocycles. The Bertz CT molecular complexity index is 1050. The third-order valence-corrected chi connectivity index (χ3v) is 4.42. The minimum atomic E-state index is -0.447. The van der Waals surface area contributed by atoms with Gasteiger partial charge < -0.3 is 9.30 Å². The summed E-state index contributed by atoms with van der Waals surface area (Å²) in [6.45, 7) is 3.77. The molecule has 8 nitrogen and oxygen atoms in total. The predicted octanol–water partition coefficient (Wildman–Crippen LogP) is 3.53. The number of aromatic nitrogens is 1. The van der Waals surface area contributed by atoms with E-state index in [4.69, 9.17) is 4.74 Å². The lowest BCUT2D eigenvalue weighted by atomic mass is 10.1. The maximum atomic E-state index is 12.0. The predicted molar refractivity (Wildman–Crippen MR) is 110 cm³/mol. The minimum Gasteiger partial charge on any atom is -0.483 e. The van der Waals surface area contributed by atoms with Crippen molar-refractivity contribution in [3.8, 4) is 11.4 Å². The van der Waals surface area contributed by atoms with Gasteiger partial charge in [0.1, 0.15) is 5.75 Å². The quantitative estimate of drug-likeness (QED) is 0.378. The maximum Gasteiger partial charge on any atom is 0.277 e. The van der Waals surface area contributed by atoms with Crippen LogP contribution < -0.4 is 10.2 Å². The van der Waals surface area contributed by atoms with E-state index in [0.717, 1.165) is 16.8 Å². The molecule has 0 aliphatic rings. The first-order valence-electron chi connectivity index (χ1n) is 8.89. The first-order chi connectivity index (χ1) is 14.0. The van der Waals surface area contributed by atoms with Gasteiger partial charge in [-0.1, -0.05) is 12.1 Å². The highest BCUT2D eigenvalue weighted by Crippen LogP contribution is 2.20. The van der Waals surface area contributed by atoms with Crippen molar-refractivity contribution in [3.63, 3.8) is 0 Å². The highest BCUT2D eigenvalue weighted by molar-refractivity contribution is 5.82. The zero-order chi connectivity index (χ0) is 20.8.